The summed E-state index contributed by atoms with van der Waals surface area (Å²) in [4.78, 5) is 11.3. The standard InChI is InChI=1S/C16H19BrN4/c1-10-5-7-12(8-6-10)13-4-3-9-21(13)16-19-11(2)14(17)15(18)20-16/h5-8,13H,3-4,9H2,1-2H3,(H2,18,19,20). The van der Waals surface area contributed by atoms with E-state index in [9.17, 15) is 0 Å². The Balaban J connectivity index is 1.95. The molecule has 1 aliphatic rings. The Bertz CT molecular complexity index is 631. The summed E-state index contributed by atoms with van der Waals surface area (Å²) >= 11 is 3.42. The number of hydrogen-bond acceptors (Lipinski definition) is 4. The largest absolute Gasteiger partial charge is 0.383 e. The van der Waals surface area contributed by atoms with Crippen molar-refractivity contribution in [3.63, 3.8) is 0 Å². The van der Waals surface area contributed by atoms with Gasteiger partial charge in [0.15, 0.2) is 0 Å². The maximum Gasteiger partial charge on any atom is 0.228 e. The van der Waals surface area contributed by atoms with Gasteiger partial charge in [0.1, 0.15) is 5.82 Å². The Morgan fingerprint density at radius 1 is 1.19 bits per heavy atom. The Kier molecular flexibility index (Phi) is 3.85. The lowest BCUT2D eigenvalue weighted by molar-refractivity contribution is 0.700. The van der Waals surface area contributed by atoms with Crippen molar-refractivity contribution in [1.29, 1.82) is 0 Å². The van der Waals surface area contributed by atoms with E-state index in [1.807, 2.05) is 6.92 Å². The van der Waals surface area contributed by atoms with E-state index in [-0.39, 0.29) is 0 Å². The maximum atomic E-state index is 5.97. The quantitative estimate of drug-likeness (QED) is 0.898. The molecule has 1 saturated heterocycles. The van der Waals surface area contributed by atoms with E-state index in [1.54, 1.807) is 0 Å². The molecule has 2 N–H and O–H groups in total. The van der Waals surface area contributed by atoms with Crippen LogP contribution in [0.1, 0.15) is 35.7 Å². The molecule has 2 aromatic rings. The van der Waals surface area contributed by atoms with Crippen molar-refractivity contribution in [2.45, 2.75) is 32.7 Å². The van der Waals surface area contributed by atoms with Crippen LogP contribution in [0.25, 0.3) is 0 Å². The smallest absolute Gasteiger partial charge is 0.228 e. The van der Waals surface area contributed by atoms with Crippen LogP contribution in [0.15, 0.2) is 28.7 Å². The van der Waals surface area contributed by atoms with Crippen molar-refractivity contribution in [2.75, 3.05) is 17.2 Å². The molecule has 2 heterocycles. The number of aryl methyl sites for hydroxylation is 2. The monoisotopic (exact) mass is 346 g/mol. The molecule has 0 radical (unpaired) electrons. The molecule has 3 rings (SSSR count). The van der Waals surface area contributed by atoms with Crippen LogP contribution in [0.3, 0.4) is 0 Å². The molecule has 110 valence electrons. The molecule has 0 bridgehead atoms. The maximum absolute atomic E-state index is 5.97. The Morgan fingerprint density at radius 3 is 2.57 bits per heavy atom. The molecular weight excluding hydrogens is 328 g/mol. The first-order valence-electron chi connectivity index (χ1n) is 7.19. The van der Waals surface area contributed by atoms with Crippen molar-refractivity contribution in [2.24, 2.45) is 0 Å². The lowest BCUT2D eigenvalue weighted by atomic mass is 10.0. The molecular formula is C16H19BrN4. The van der Waals surface area contributed by atoms with Gasteiger partial charge in [0.05, 0.1) is 16.2 Å². The van der Waals surface area contributed by atoms with E-state index in [0.29, 0.717) is 11.9 Å². The van der Waals surface area contributed by atoms with E-state index >= 15 is 0 Å². The van der Waals surface area contributed by atoms with Crippen LogP contribution in [-0.4, -0.2) is 16.5 Å². The number of nitrogen functional groups attached to an aromatic ring is 1. The molecule has 1 atom stereocenters. The van der Waals surface area contributed by atoms with Crippen molar-refractivity contribution in [3.8, 4) is 0 Å². The highest BCUT2D eigenvalue weighted by molar-refractivity contribution is 9.10. The molecule has 0 spiro atoms. The number of anilines is 2. The van der Waals surface area contributed by atoms with Gasteiger partial charge in [-0.15, -0.1) is 0 Å². The fourth-order valence-electron chi connectivity index (χ4n) is 2.84. The van der Waals surface area contributed by atoms with Crippen LogP contribution in [-0.2, 0) is 0 Å². The summed E-state index contributed by atoms with van der Waals surface area (Å²) in [6.45, 7) is 5.03. The molecule has 5 heteroatoms. The van der Waals surface area contributed by atoms with E-state index < -0.39 is 0 Å². The molecule has 1 aliphatic heterocycles. The highest BCUT2D eigenvalue weighted by Gasteiger charge is 2.28. The molecule has 1 fully saturated rings. The normalized spacial score (nSPS) is 18.2. The van der Waals surface area contributed by atoms with Gasteiger partial charge in [0.2, 0.25) is 5.95 Å². The van der Waals surface area contributed by atoms with E-state index in [2.05, 4.69) is 62.0 Å². The number of nitrogens with two attached hydrogens (primary N) is 1. The number of nitrogens with zero attached hydrogens (tertiary/aromatic N) is 3. The second-order valence-electron chi connectivity index (χ2n) is 5.57. The zero-order valence-electron chi connectivity index (χ0n) is 12.3. The number of aromatic nitrogens is 2. The summed E-state index contributed by atoms with van der Waals surface area (Å²) < 4.78 is 0.789. The lowest BCUT2D eigenvalue weighted by Gasteiger charge is -2.25. The predicted octanol–water partition coefficient (Wildman–Crippen LogP) is 3.78. The second-order valence-corrected chi connectivity index (χ2v) is 6.36. The van der Waals surface area contributed by atoms with Crippen molar-refractivity contribution < 1.29 is 0 Å². The average molecular weight is 347 g/mol. The zero-order valence-corrected chi connectivity index (χ0v) is 13.9. The SMILES string of the molecule is Cc1ccc(C2CCCN2c2nc(C)c(Br)c(N)n2)cc1. The van der Waals surface area contributed by atoms with Gasteiger partial charge in [-0.2, -0.15) is 4.98 Å². The minimum absolute atomic E-state index is 0.338. The van der Waals surface area contributed by atoms with Gasteiger partial charge in [-0.1, -0.05) is 29.8 Å². The van der Waals surface area contributed by atoms with Gasteiger partial charge in [0.25, 0.3) is 0 Å². The Morgan fingerprint density at radius 2 is 1.90 bits per heavy atom. The van der Waals surface area contributed by atoms with Crippen molar-refractivity contribution in [1.82, 2.24) is 9.97 Å². The third-order valence-corrected chi connectivity index (χ3v) is 4.98. The lowest BCUT2D eigenvalue weighted by Crippen LogP contribution is -2.25. The Labute approximate surface area is 133 Å². The Hall–Kier alpha value is -1.62. The van der Waals surface area contributed by atoms with E-state index in [1.165, 1.54) is 11.1 Å². The van der Waals surface area contributed by atoms with Gasteiger partial charge in [-0.25, -0.2) is 4.98 Å². The molecule has 21 heavy (non-hydrogen) atoms. The summed E-state index contributed by atoms with van der Waals surface area (Å²) in [5.74, 6) is 1.24. The fraction of sp³-hybridized carbons (Fsp3) is 0.375. The third-order valence-electron chi connectivity index (χ3n) is 4.00. The van der Waals surface area contributed by atoms with Crippen LogP contribution in [0.4, 0.5) is 11.8 Å². The predicted molar refractivity (Wildman–Crippen MR) is 89.4 cm³/mol. The van der Waals surface area contributed by atoms with Crippen LogP contribution >= 0.6 is 15.9 Å². The van der Waals surface area contributed by atoms with Gasteiger partial charge in [-0.3, -0.25) is 0 Å². The summed E-state index contributed by atoms with van der Waals surface area (Å²) in [5, 5.41) is 0. The molecule has 0 aliphatic carbocycles. The number of hydrogen-bond donors (Lipinski definition) is 1. The fourth-order valence-corrected chi connectivity index (χ4v) is 3.01. The number of benzene rings is 1. The van der Waals surface area contributed by atoms with Crippen molar-refractivity contribution >= 4 is 27.7 Å². The van der Waals surface area contributed by atoms with E-state index in [4.69, 9.17) is 5.73 Å². The minimum atomic E-state index is 0.338. The third kappa shape index (κ3) is 2.75. The first kappa shape index (κ1) is 14.3. The summed E-state index contributed by atoms with van der Waals surface area (Å²) in [5.41, 5.74) is 9.45. The summed E-state index contributed by atoms with van der Waals surface area (Å²) in [7, 11) is 0. The molecule has 1 aromatic heterocycles. The van der Waals surface area contributed by atoms with Crippen LogP contribution < -0.4 is 10.6 Å². The summed E-state index contributed by atoms with van der Waals surface area (Å²) in [6, 6.07) is 9.06. The van der Waals surface area contributed by atoms with E-state index in [0.717, 1.165) is 35.5 Å². The first-order chi connectivity index (χ1) is 10.1. The number of rotatable bonds is 2. The molecule has 1 unspecified atom stereocenters. The first-order valence-corrected chi connectivity index (χ1v) is 7.98. The molecule has 1 aromatic carbocycles. The average Bonchev–Trinajstić information content (AvgIpc) is 2.94. The van der Waals surface area contributed by atoms with Gasteiger partial charge in [-0.05, 0) is 48.2 Å². The van der Waals surface area contributed by atoms with Gasteiger partial charge < -0.3 is 10.6 Å². The zero-order chi connectivity index (χ0) is 15.0. The van der Waals surface area contributed by atoms with Gasteiger partial charge in [0, 0.05) is 6.54 Å². The van der Waals surface area contributed by atoms with Crippen LogP contribution in [0, 0.1) is 13.8 Å². The topological polar surface area (TPSA) is 55.0 Å². The van der Waals surface area contributed by atoms with Crippen LogP contribution in [0.5, 0.6) is 0 Å². The summed E-state index contributed by atoms with van der Waals surface area (Å²) in [6.07, 6.45) is 2.28. The molecule has 4 nitrogen and oxygen atoms in total. The highest BCUT2D eigenvalue weighted by atomic mass is 79.9. The van der Waals surface area contributed by atoms with Crippen molar-refractivity contribution in [3.05, 3.63) is 45.6 Å². The second kappa shape index (κ2) is 5.64. The highest BCUT2D eigenvalue weighted by Crippen LogP contribution is 2.35. The number of halogens is 1. The molecule has 0 amide bonds. The molecule has 0 saturated carbocycles. The van der Waals surface area contributed by atoms with Crippen LogP contribution in [0.2, 0.25) is 0 Å². The minimum Gasteiger partial charge on any atom is -0.383 e. The van der Waals surface area contributed by atoms with Gasteiger partial charge >= 0.3 is 0 Å².